The number of rotatable bonds is 4. The van der Waals surface area contributed by atoms with Gasteiger partial charge in [-0.25, -0.2) is 0 Å². The molecule has 1 N–H and O–H groups in total. The number of likely N-dealkylation sites (tertiary alicyclic amines) is 1. The van der Waals surface area contributed by atoms with E-state index in [0.29, 0.717) is 0 Å². The highest BCUT2D eigenvalue weighted by molar-refractivity contribution is 9.10. The molecular formula is C17H24BrNO2. The zero-order chi connectivity index (χ0) is 15.6. The molecule has 116 valence electrons. The number of nitrogens with zero attached hydrogens (tertiary/aromatic N) is 1. The number of hydrogen-bond acceptors (Lipinski definition) is 2. The van der Waals surface area contributed by atoms with E-state index in [2.05, 4.69) is 53.7 Å². The van der Waals surface area contributed by atoms with E-state index in [4.69, 9.17) is 5.11 Å². The molecule has 1 saturated heterocycles. The van der Waals surface area contributed by atoms with Crippen LogP contribution >= 0.6 is 15.9 Å². The zero-order valence-electron chi connectivity index (χ0n) is 13.1. The summed E-state index contributed by atoms with van der Waals surface area (Å²) in [5.41, 5.74) is 4.01. The zero-order valence-corrected chi connectivity index (χ0v) is 14.7. The standard InChI is InChI=1S/C17H24BrNO2/c1-12-8-14(18)9-13(2)15(12)11-19-6-4-17(3,5-7-19)10-16(20)21/h8-9H,4-7,10-11H2,1-3H3,(H,20,21). The first-order valence-electron chi connectivity index (χ1n) is 7.49. The second-order valence-electron chi connectivity index (χ2n) is 6.68. The van der Waals surface area contributed by atoms with Crippen LogP contribution in [0.3, 0.4) is 0 Å². The van der Waals surface area contributed by atoms with E-state index in [1.54, 1.807) is 0 Å². The lowest BCUT2D eigenvalue weighted by molar-refractivity contribution is -0.140. The SMILES string of the molecule is Cc1cc(Br)cc(C)c1CN1CCC(C)(CC(=O)O)CC1. The summed E-state index contributed by atoms with van der Waals surface area (Å²) in [5.74, 6) is -0.675. The van der Waals surface area contributed by atoms with Crippen molar-refractivity contribution >= 4 is 21.9 Å². The molecule has 2 rings (SSSR count). The van der Waals surface area contributed by atoms with Crippen molar-refractivity contribution < 1.29 is 9.90 Å². The van der Waals surface area contributed by atoms with Crippen LogP contribution in [0.15, 0.2) is 16.6 Å². The summed E-state index contributed by atoms with van der Waals surface area (Å²) >= 11 is 3.54. The maximum atomic E-state index is 10.9. The lowest BCUT2D eigenvalue weighted by Gasteiger charge is -2.39. The highest BCUT2D eigenvalue weighted by Crippen LogP contribution is 2.35. The predicted octanol–water partition coefficient (Wildman–Crippen LogP) is 4.14. The molecular weight excluding hydrogens is 330 g/mol. The Morgan fingerprint density at radius 1 is 1.29 bits per heavy atom. The molecule has 0 amide bonds. The molecule has 0 saturated carbocycles. The lowest BCUT2D eigenvalue weighted by atomic mass is 9.77. The Labute approximate surface area is 135 Å². The molecule has 0 aliphatic carbocycles. The highest BCUT2D eigenvalue weighted by Gasteiger charge is 2.32. The Morgan fingerprint density at radius 3 is 2.29 bits per heavy atom. The highest BCUT2D eigenvalue weighted by atomic mass is 79.9. The van der Waals surface area contributed by atoms with Gasteiger partial charge in [0.05, 0.1) is 6.42 Å². The van der Waals surface area contributed by atoms with E-state index in [1.165, 1.54) is 16.7 Å². The number of carboxylic acids is 1. The normalized spacial score (nSPS) is 18.7. The number of piperidine rings is 1. The van der Waals surface area contributed by atoms with Crippen molar-refractivity contribution in [3.63, 3.8) is 0 Å². The van der Waals surface area contributed by atoms with Crippen LogP contribution in [0.1, 0.15) is 42.9 Å². The molecule has 3 nitrogen and oxygen atoms in total. The summed E-state index contributed by atoms with van der Waals surface area (Å²) < 4.78 is 1.13. The molecule has 1 fully saturated rings. The van der Waals surface area contributed by atoms with Gasteiger partial charge >= 0.3 is 5.97 Å². The van der Waals surface area contributed by atoms with Crippen LogP contribution in [0, 0.1) is 19.3 Å². The molecule has 0 spiro atoms. The second-order valence-corrected chi connectivity index (χ2v) is 7.59. The van der Waals surface area contributed by atoms with Crippen LogP contribution in [0.25, 0.3) is 0 Å². The van der Waals surface area contributed by atoms with Gasteiger partial charge in [-0.1, -0.05) is 22.9 Å². The van der Waals surface area contributed by atoms with Gasteiger partial charge in [0.1, 0.15) is 0 Å². The number of aliphatic carboxylic acids is 1. The van der Waals surface area contributed by atoms with Gasteiger partial charge in [0.15, 0.2) is 0 Å². The number of hydrogen-bond donors (Lipinski definition) is 1. The second kappa shape index (κ2) is 6.49. The van der Waals surface area contributed by atoms with E-state index in [0.717, 1.165) is 36.9 Å². The van der Waals surface area contributed by atoms with Gasteiger partial charge in [0.25, 0.3) is 0 Å². The summed E-state index contributed by atoms with van der Waals surface area (Å²) in [5, 5.41) is 9.01. The van der Waals surface area contributed by atoms with Gasteiger partial charge in [0, 0.05) is 11.0 Å². The minimum atomic E-state index is -0.675. The first kappa shape index (κ1) is 16.5. The molecule has 0 radical (unpaired) electrons. The molecule has 4 heteroatoms. The molecule has 0 unspecified atom stereocenters. The fourth-order valence-corrected chi connectivity index (χ4v) is 3.89. The van der Waals surface area contributed by atoms with Crippen molar-refractivity contribution in [3.8, 4) is 0 Å². The molecule has 1 aromatic rings. The fraction of sp³-hybridized carbons (Fsp3) is 0.588. The van der Waals surface area contributed by atoms with Gasteiger partial charge in [-0.15, -0.1) is 0 Å². The monoisotopic (exact) mass is 353 g/mol. The van der Waals surface area contributed by atoms with Crippen LogP contribution in [0.4, 0.5) is 0 Å². The van der Waals surface area contributed by atoms with Gasteiger partial charge in [-0.2, -0.15) is 0 Å². The third-order valence-electron chi connectivity index (χ3n) is 4.68. The molecule has 1 aromatic carbocycles. The molecule has 1 aliphatic rings. The summed E-state index contributed by atoms with van der Waals surface area (Å²) in [4.78, 5) is 13.4. The van der Waals surface area contributed by atoms with E-state index in [1.807, 2.05) is 0 Å². The number of aryl methyl sites for hydroxylation is 2. The third kappa shape index (κ3) is 4.30. The summed E-state index contributed by atoms with van der Waals surface area (Å²) in [7, 11) is 0. The Bertz CT molecular complexity index is 511. The van der Waals surface area contributed by atoms with Crippen molar-refractivity contribution in [1.29, 1.82) is 0 Å². The van der Waals surface area contributed by atoms with E-state index >= 15 is 0 Å². The minimum Gasteiger partial charge on any atom is -0.481 e. The van der Waals surface area contributed by atoms with Crippen molar-refractivity contribution in [2.24, 2.45) is 5.41 Å². The number of benzene rings is 1. The average molecular weight is 354 g/mol. The average Bonchev–Trinajstić information content (AvgIpc) is 2.35. The van der Waals surface area contributed by atoms with E-state index < -0.39 is 5.97 Å². The molecule has 1 heterocycles. The Hall–Kier alpha value is -0.870. The molecule has 1 aliphatic heterocycles. The molecule has 0 atom stereocenters. The van der Waals surface area contributed by atoms with Gasteiger partial charge in [-0.05, 0) is 74.0 Å². The first-order chi connectivity index (χ1) is 9.79. The third-order valence-corrected chi connectivity index (χ3v) is 5.14. The maximum absolute atomic E-state index is 10.9. The Morgan fingerprint density at radius 2 is 1.81 bits per heavy atom. The van der Waals surface area contributed by atoms with Crippen molar-refractivity contribution in [3.05, 3.63) is 33.3 Å². The van der Waals surface area contributed by atoms with E-state index in [9.17, 15) is 4.79 Å². The fourth-order valence-electron chi connectivity index (χ4n) is 3.21. The summed E-state index contributed by atoms with van der Waals surface area (Å²) in [6.07, 6.45) is 2.22. The first-order valence-corrected chi connectivity index (χ1v) is 8.28. The quantitative estimate of drug-likeness (QED) is 0.883. The smallest absolute Gasteiger partial charge is 0.303 e. The van der Waals surface area contributed by atoms with E-state index in [-0.39, 0.29) is 11.8 Å². The Kier molecular flexibility index (Phi) is 5.10. The van der Waals surface area contributed by atoms with Gasteiger partial charge in [0.2, 0.25) is 0 Å². The topological polar surface area (TPSA) is 40.5 Å². The molecule has 0 bridgehead atoms. The summed E-state index contributed by atoms with van der Waals surface area (Å²) in [6.45, 7) is 9.36. The van der Waals surface area contributed by atoms with Crippen molar-refractivity contribution in [2.75, 3.05) is 13.1 Å². The lowest BCUT2D eigenvalue weighted by Crippen LogP contribution is -2.39. The van der Waals surface area contributed by atoms with Crippen molar-refractivity contribution in [2.45, 2.75) is 46.6 Å². The number of carbonyl (C=O) groups is 1. The van der Waals surface area contributed by atoms with Crippen LogP contribution < -0.4 is 0 Å². The largest absolute Gasteiger partial charge is 0.481 e. The van der Waals surface area contributed by atoms with Gasteiger partial charge < -0.3 is 5.11 Å². The van der Waals surface area contributed by atoms with Crippen LogP contribution in [-0.4, -0.2) is 29.1 Å². The maximum Gasteiger partial charge on any atom is 0.303 e. The summed E-state index contributed by atoms with van der Waals surface area (Å²) in [6, 6.07) is 4.33. The van der Waals surface area contributed by atoms with Crippen LogP contribution in [0.5, 0.6) is 0 Å². The van der Waals surface area contributed by atoms with Crippen molar-refractivity contribution in [1.82, 2.24) is 4.90 Å². The van der Waals surface area contributed by atoms with Crippen LogP contribution in [0.2, 0.25) is 0 Å². The number of carboxylic acid groups (broad SMARTS) is 1. The predicted molar refractivity (Wildman–Crippen MR) is 88.5 cm³/mol. The van der Waals surface area contributed by atoms with Gasteiger partial charge in [-0.3, -0.25) is 9.69 Å². The minimum absolute atomic E-state index is 0.0356. The molecule has 21 heavy (non-hydrogen) atoms. The molecule has 0 aromatic heterocycles. The van der Waals surface area contributed by atoms with Crippen LogP contribution in [-0.2, 0) is 11.3 Å². The number of halogens is 1. The Balaban J connectivity index is 2.00.